The van der Waals surface area contributed by atoms with E-state index in [0.717, 1.165) is 19.3 Å². The molecule has 3 unspecified atom stereocenters. The van der Waals surface area contributed by atoms with Crippen LogP contribution in [0.4, 0.5) is 0 Å². The van der Waals surface area contributed by atoms with E-state index in [0.29, 0.717) is 0 Å². The maximum atomic E-state index is 13.7. The van der Waals surface area contributed by atoms with Crippen molar-refractivity contribution in [3.8, 4) is 0 Å². The van der Waals surface area contributed by atoms with Crippen LogP contribution in [0.1, 0.15) is 59.8 Å². The zero-order chi connectivity index (χ0) is 22.9. The lowest BCUT2D eigenvalue weighted by atomic mass is 9.67. The number of rotatable bonds is 5. The topological polar surface area (TPSA) is 43.1 Å². The van der Waals surface area contributed by atoms with Crippen molar-refractivity contribution < 1.29 is 4.79 Å². The maximum absolute atomic E-state index is 13.7. The van der Waals surface area contributed by atoms with Crippen molar-refractivity contribution in [1.29, 1.82) is 0 Å². The van der Waals surface area contributed by atoms with Gasteiger partial charge in [-0.3, -0.25) is 4.79 Å². The Kier molecular flexibility index (Phi) is 6.57. The van der Waals surface area contributed by atoms with E-state index in [1.165, 1.54) is 45.5 Å². The molecular weight excluding hydrogens is 406 g/mol. The Labute approximate surface area is 195 Å². The van der Waals surface area contributed by atoms with Crippen LogP contribution in [0.5, 0.6) is 0 Å². The molecule has 0 saturated heterocycles. The van der Waals surface area contributed by atoms with E-state index >= 15 is 0 Å². The highest BCUT2D eigenvalue weighted by Gasteiger charge is 2.54. The summed E-state index contributed by atoms with van der Waals surface area (Å²) >= 11 is 0. The highest BCUT2D eigenvalue weighted by Crippen LogP contribution is 2.57. The smallest absolute Gasteiger partial charge is 0.227 e. The molecule has 0 heterocycles. The number of nitrogens with two attached hydrogens (primary N) is 1. The molecule has 2 N–H and O–H groups in total. The molecular formula is C29H37NOSi. The van der Waals surface area contributed by atoms with Gasteiger partial charge in [0.05, 0.1) is 5.41 Å². The second kappa shape index (κ2) is 9.23. The Morgan fingerprint density at radius 2 is 1.44 bits per heavy atom. The molecule has 0 spiro atoms. The van der Waals surface area contributed by atoms with E-state index in [1.807, 2.05) is 0 Å². The maximum Gasteiger partial charge on any atom is 0.227 e. The summed E-state index contributed by atoms with van der Waals surface area (Å²) in [6.07, 6.45) is 5.39. The number of primary amides is 1. The van der Waals surface area contributed by atoms with Crippen molar-refractivity contribution in [3.63, 3.8) is 0 Å². The van der Waals surface area contributed by atoms with Crippen LogP contribution < -0.4 is 16.1 Å². The lowest BCUT2D eigenvalue weighted by Gasteiger charge is -2.45. The lowest BCUT2D eigenvalue weighted by Crippen LogP contribution is -2.56. The van der Waals surface area contributed by atoms with Crippen molar-refractivity contribution in [3.05, 3.63) is 83.0 Å². The first-order valence-corrected chi connectivity index (χ1v) is 14.0. The first kappa shape index (κ1) is 22.8. The van der Waals surface area contributed by atoms with Gasteiger partial charge in [0.15, 0.2) is 0 Å². The molecule has 4 rings (SSSR count). The Morgan fingerprint density at radius 1 is 0.875 bits per heavy atom. The monoisotopic (exact) mass is 443 g/mol. The number of hydrogen-bond acceptors (Lipinski definition) is 1. The Balaban J connectivity index is 1.97. The summed E-state index contributed by atoms with van der Waals surface area (Å²) < 4.78 is 0. The van der Waals surface area contributed by atoms with Crippen LogP contribution in [0.15, 0.2) is 83.0 Å². The fourth-order valence-electron chi connectivity index (χ4n) is 6.66. The third kappa shape index (κ3) is 3.71. The molecule has 2 aliphatic rings. The van der Waals surface area contributed by atoms with E-state index in [2.05, 4.69) is 88.4 Å². The summed E-state index contributed by atoms with van der Waals surface area (Å²) in [5.41, 5.74) is 11.6. The molecule has 0 aromatic heterocycles. The van der Waals surface area contributed by atoms with Crippen molar-refractivity contribution in [2.45, 2.75) is 65.3 Å². The first-order chi connectivity index (χ1) is 15.4. The van der Waals surface area contributed by atoms with Crippen LogP contribution in [0, 0.1) is 11.3 Å². The molecule has 2 nitrogen and oxygen atoms in total. The number of benzene rings is 2. The quantitative estimate of drug-likeness (QED) is 0.505. The summed E-state index contributed by atoms with van der Waals surface area (Å²) in [5, 5.41) is 2.84. The standard InChI is InChI=1S/C29H37NOSi/c1-20-21(2)23(4)27(22(20)3)29(28(30)31)19-13-7-12-18-26(29)32(24-14-8-5-9-15-24)25-16-10-6-11-17-25/h5-6,8-11,14-17,22,26,32H,7,12-13,18-19H2,1-4H3,(H2,30,31). The predicted octanol–water partition coefficient (Wildman–Crippen LogP) is 5.14. The molecule has 1 amide bonds. The lowest BCUT2D eigenvalue weighted by molar-refractivity contribution is -0.126. The van der Waals surface area contributed by atoms with Crippen LogP contribution >= 0.6 is 0 Å². The van der Waals surface area contributed by atoms with Gasteiger partial charge in [-0.05, 0) is 55.4 Å². The van der Waals surface area contributed by atoms with Crippen molar-refractivity contribution in [2.24, 2.45) is 17.1 Å². The third-order valence-corrected chi connectivity index (χ3v) is 12.4. The van der Waals surface area contributed by atoms with E-state index in [9.17, 15) is 4.79 Å². The molecule has 2 aromatic rings. The Hall–Kier alpha value is -2.39. The highest BCUT2D eigenvalue weighted by atomic mass is 28.3. The highest BCUT2D eigenvalue weighted by molar-refractivity contribution is 6.86. The Bertz CT molecular complexity index is 1000. The largest absolute Gasteiger partial charge is 0.369 e. The van der Waals surface area contributed by atoms with Gasteiger partial charge in [0.25, 0.3) is 0 Å². The number of allylic oxidation sites excluding steroid dienone is 3. The Morgan fingerprint density at radius 3 is 1.91 bits per heavy atom. The molecule has 1 saturated carbocycles. The molecule has 0 radical (unpaired) electrons. The minimum Gasteiger partial charge on any atom is -0.369 e. The van der Waals surface area contributed by atoms with Crippen molar-refractivity contribution >= 4 is 25.1 Å². The average molecular weight is 444 g/mol. The number of hydrogen-bond donors (Lipinski definition) is 1. The van der Waals surface area contributed by atoms with Crippen molar-refractivity contribution in [2.75, 3.05) is 0 Å². The average Bonchev–Trinajstić information content (AvgIpc) is 2.96. The summed E-state index contributed by atoms with van der Waals surface area (Å²) in [5.74, 6) is 0.182. The van der Waals surface area contributed by atoms with Gasteiger partial charge in [-0.25, -0.2) is 0 Å². The fourth-order valence-corrected chi connectivity index (χ4v) is 10.9. The number of carbonyl (C=O) groups is 1. The minimum atomic E-state index is -1.75. The minimum absolute atomic E-state index is 0.0996. The normalized spacial score (nSPS) is 26.5. The van der Waals surface area contributed by atoms with Crippen molar-refractivity contribution in [1.82, 2.24) is 0 Å². The van der Waals surface area contributed by atoms with Crippen LogP contribution in [0.2, 0.25) is 5.54 Å². The summed E-state index contributed by atoms with van der Waals surface area (Å²) in [6, 6.07) is 21.9. The molecule has 1 fully saturated rings. The SMILES string of the molecule is CC1=C(C)C(C)C(C2(C(N)=O)CCCCCC2[SiH](c2ccccc2)c2ccccc2)=C1C. The molecule has 0 aliphatic heterocycles. The van der Waals surface area contributed by atoms with Gasteiger partial charge >= 0.3 is 0 Å². The van der Waals surface area contributed by atoms with Gasteiger partial charge < -0.3 is 5.73 Å². The molecule has 32 heavy (non-hydrogen) atoms. The van der Waals surface area contributed by atoms with Crippen LogP contribution in [-0.2, 0) is 4.79 Å². The molecule has 2 aliphatic carbocycles. The molecule has 0 bridgehead atoms. The van der Waals surface area contributed by atoms with Gasteiger partial charge in [-0.2, -0.15) is 0 Å². The van der Waals surface area contributed by atoms with E-state index in [1.54, 1.807) is 0 Å². The first-order valence-electron chi connectivity index (χ1n) is 12.2. The van der Waals surface area contributed by atoms with E-state index in [-0.39, 0.29) is 17.4 Å². The van der Waals surface area contributed by atoms with Gasteiger partial charge in [-0.1, -0.05) is 109 Å². The van der Waals surface area contributed by atoms with Crippen LogP contribution in [0.3, 0.4) is 0 Å². The molecule has 3 atom stereocenters. The van der Waals surface area contributed by atoms with Gasteiger partial charge in [0.2, 0.25) is 5.91 Å². The number of carbonyl (C=O) groups excluding carboxylic acids is 1. The van der Waals surface area contributed by atoms with Gasteiger partial charge in [0, 0.05) is 0 Å². The second-order valence-corrected chi connectivity index (χ2v) is 13.0. The zero-order valence-corrected chi connectivity index (χ0v) is 21.2. The summed E-state index contributed by atoms with van der Waals surface area (Å²) in [6.45, 7) is 8.98. The van der Waals surface area contributed by atoms with Crippen LogP contribution in [0.25, 0.3) is 0 Å². The third-order valence-electron chi connectivity index (χ3n) is 8.50. The second-order valence-electron chi connectivity index (χ2n) is 9.91. The summed E-state index contributed by atoms with van der Waals surface area (Å²) in [7, 11) is -1.75. The molecule has 3 heteroatoms. The van der Waals surface area contributed by atoms with E-state index < -0.39 is 14.2 Å². The number of amides is 1. The van der Waals surface area contributed by atoms with E-state index in [4.69, 9.17) is 5.73 Å². The summed E-state index contributed by atoms with van der Waals surface area (Å²) in [4.78, 5) is 13.7. The van der Waals surface area contributed by atoms with Gasteiger partial charge in [-0.15, -0.1) is 0 Å². The zero-order valence-electron chi connectivity index (χ0n) is 20.0. The molecule has 2 aromatic carbocycles. The van der Waals surface area contributed by atoms with Crippen LogP contribution in [-0.4, -0.2) is 14.7 Å². The molecule has 168 valence electrons. The fraction of sp³-hybridized carbons (Fsp3) is 0.414. The predicted molar refractivity (Wildman–Crippen MR) is 138 cm³/mol. The van der Waals surface area contributed by atoms with Gasteiger partial charge in [0.1, 0.15) is 8.80 Å².